The van der Waals surface area contributed by atoms with Crippen molar-refractivity contribution in [2.75, 3.05) is 24.3 Å². The summed E-state index contributed by atoms with van der Waals surface area (Å²) in [5.41, 5.74) is 5.86. The van der Waals surface area contributed by atoms with Gasteiger partial charge in [0, 0.05) is 23.0 Å². The Morgan fingerprint density at radius 1 is 1.36 bits per heavy atom. The minimum Gasteiger partial charge on any atom is -0.477 e. The van der Waals surface area contributed by atoms with E-state index >= 15 is 0 Å². The molecule has 0 saturated carbocycles. The molecule has 17 heteroatoms. The van der Waals surface area contributed by atoms with Crippen molar-refractivity contribution in [1.82, 2.24) is 28.9 Å². The lowest BCUT2D eigenvalue weighted by Gasteiger charge is -2.49. The van der Waals surface area contributed by atoms with Crippen LogP contribution in [0, 0.1) is 6.92 Å². The van der Waals surface area contributed by atoms with Crippen LogP contribution in [0.3, 0.4) is 0 Å². The SMILES string of the molecule is CON=C(C(=O)NC1C(=O)N2C(C(=O)O)=C(CSc3nc(C)ns3)CS[C@H]12)c1nsc(N)n1. The Morgan fingerprint density at radius 2 is 2.15 bits per heavy atom. The molecule has 0 bridgehead atoms. The van der Waals surface area contributed by atoms with Crippen LogP contribution in [0.4, 0.5) is 5.13 Å². The molecule has 0 aliphatic carbocycles. The van der Waals surface area contributed by atoms with Crippen molar-refractivity contribution >= 4 is 75.2 Å². The predicted octanol–water partition coefficient (Wildman–Crippen LogP) is 0.162. The molecule has 4 rings (SSSR count). The number of carbonyl (C=O) groups excluding carboxylic acids is 2. The molecule has 2 aromatic rings. The maximum atomic E-state index is 12.8. The number of nitrogens with two attached hydrogens (primary N) is 1. The van der Waals surface area contributed by atoms with Crippen molar-refractivity contribution in [1.29, 1.82) is 0 Å². The Bertz CT molecular complexity index is 1180. The number of aryl methyl sites for hydroxylation is 1. The zero-order valence-electron chi connectivity index (χ0n) is 17.0. The number of aromatic nitrogens is 4. The quantitative estimate of drug-likeness (QED) is 0.183. The average Bonchev–Trinajstić information content (AvgIpc) is 3.40. The zero-order chi connectivity index (χ0) is 23.7. The topological polar surface area (TPSA) is 186 Å². The van der Waals surface area contributed by atoms with Crippen LogP contribution in [0.1, 0.15) is 11.6 Å². The van der Waals surface area contributed by atoms with Crippen molar-refractivity contribution in [3.8, 4) is 0 Å². The fourth-order valence-electron chi connectivity index (χ4n) is 3.10. The average molecular weight is 529 g/mol. The highest BCUT2D eigenvalue weighted by Crippen LogP contribution is 2.41. The number of amides is 2. The summed E-state index contributed by atoms with van der Waals surface area (Å²) < 4.78 is 8.76. The smallest absolute Gasteiger partial charge is 0.352 e. The molecule has 0 aromatic carbocycles. The standard InChI is InChI=1S/C16H16N8O5S4/c1-5-18-16(33-22-5)31-4-6-3-30-13-8(12(26)24(13)9(6)14(27)28)19-11(25)7(21-29-2)10-20-15(17)32-23-10/h8,13H,3-4H2,1-2H3,(H,19,25)(H,27,28)(H2,17,20,23)/t8?,13-/m1/s1. The van der Waals surface area contributed by atoms with E-state index in [1.807, 2.05) is 0 Å². The van der Waals surface area contributed by atoms with Gasteiger partial charge in [-0.25, -0.2) is 9.78 Å². The number of nitrogen functional groups attached to an aromatic ring is 1. The van der Waals surface area contributed by atoms with Crippen LogP contribution in [0.15, 0.2) is 20.8 Å². The first-order valence-electron chi connectivity index (χ1n) is 9.14. The van der Waals surface area contributed by atoms with Gasteiger partial charge in [-0.15, -0.1) is 11.8 Å². The number of fused-ring (bicyclic) bond motifs is 1. The fourth-order valence-corrected chi connectivity index (χ4v) is 6.66. The van der Waals surface area contributed by atoms with E-state index in [1.54, 1.807) is 6.92 Å². The highest BCUT2D eigenvalue weighted by Gasteiger charge is 2.54. The molecule has 33 heavy (non-hydrogen) atoms. The molecular formula is C16H16N8O5S4. The second kappa shape index (κ2) is 9.62. The summed E-state index contributed by atoms with van der Waals surface area (Å²) in [6, 6.07) is -0.935. The van der Waals surface area contributed by atoms with Gasteiger partial charge in [-0.2, -0.15) is 13.7 Å². The van der Waals surface area contributed by atoms with Gasteiger partial charge >= 0.3 is 5.97 Å². The Hall–Kier alpha value is -2.76. The predicted molar refractivity (Wildman–Crippen MR) is 123 cm³/mol. The van der Waals surface area contributed by atoms with Gasteiger partial charge < -0.3 is 21.0 Å². The molecular weight excluding hydrogens is 512 g/mol. The van der Waals surface area contributed by atoms with E-state index in [9.17, 15) is 19.5 Å². The van der Waals surface area contributed by atoms with Crippen LogP contribution in [0.2, 0.25) is 0 Å². The number of nitrogens with zero attached hydrogens (tertiary/aromatic N) is 6. The van der Waals surface area contributed by atoms with Crippen LogP contribution in [-0.2, 0) is 19.2 Å². The van der Waals surface area contributed by atoms with Crippen LogP contribution < -0.4 is 11.1 Å². The van der Waals surface area contributed by atoms with E-state index < -0.39 is 29.2 Å². The van der Waals surface area contributed by atoms with Crippen LogP contribution >= 0.6 is 46.6 Å². The first kappa shape index (κ1) is 23.4. The van der Waals surface area contributed by atoms with Gasteiger partial charge in [0.2, 0.25) is 11.5 Å². The van der Waals surface area contributed by atoms with Gasteiger partial charge in [-0.05, 0) is 24.0 Å². The molecule has 4 N–H and O–H groups in total. The molecule has 174 valence electrons. The maximum absolute atomic E-state index is 12.8. The number of rotatable bonds is 8. The highest BCUT2D eigenvalue weighted by molar-refractivity contribution is 8.01. The number of oxime groups is 1. The summed E-state index contributed by atoms with van der Waals surface area (Å²) in [5, 5.41) is 15.6. The molecule has 2 amide bonds. The molecule has 13 nitrogen and oxygen atoms in total. The monoisotopic (exact) mass is 528 g/mol. The zero-order valence-corrected chi connectivity index (χ0v) is 20.3. The Kier molecular flexibility index (Phi) is 6.82. The summed E-state index contributed by atoms with van der Waals surface area (Å²) in [4.78, 5) is 51.6. The lowest BCUT2D eigenvalue weighted by atomic mass is 10.0. The number of nitrogens with one attached hydrogen (secondary N) is 1. The van der Waals surface area contributed by atoms with E-state index in [0.29, 0.717) is 22.9 Å². The van der Waals surface area contributed by atoms with E-state index in [2.05, 4.69) is 29.2 Å². The Labute approximate surface area is 203 Å². The Morgan fingerprint density at radius 3 is 2.76 bits per heavy atom. The van der Waals surface area contributed by atoms with Gasteiger partial charge in [-0.1, -0.05) is 16.9 Å². The molecule has 2 aromatic heterocycles. The minimum atomic E-state index is -1.20. The third-order valence-electron chi connectivity index (χ3n) is 4.47. The van der Waals surface area contributed by atoms with Crippen molar-refractivity contribution in [2.45, 2.75) is 22.7 Å². The Balaban J connectivity index is 1.49. The minimum absolute atomic E-state index is 0.0332. The van der Waals surface area contributed by atoms with Crippen LogP contribution in [0.25, 0.3) is 0 Å². The summed E-state index contributed by atoms with van der Waals surface area (Å²) in [6.45, 7) is 1.78. The lowest BCUT2D eigenvalue weighted by Crippen LogP contribution is -2.71. The lowest BCUT2D eigenvalue weighted by molar-refractivity contribution is -0.150. The normalized spacial score (nSPS) is 20.4. The molecule has 2 aliphatic heterocycles. The number of β-lactam (4-membered cyclic amide) rings is 1. The van der Waals surface area contributed by atoms with E-state index in [4.69, 9.17) is 10.6 Å². The maximum Gasteiger partial charge on any atom is 0.352 e. The van der Waals surface area contributed by atoms with Crippen LogP contribution in [0.5, 0.6) is 0 Å². The summed E-state index contributed by atoms with van der Waals surface area (Å²) >= 11 is 4.85. The third kappa shape index (κ3) is 4.66. The van der Waals surface area contributed by atoms with Crippen molar-refractivity contribution in [3.05, 3.63) is 22.9 Å². The summed E-state index contributed by atoms with van der Waals surface area (Å²) in [7, 11) is 1.25. The number of carboxylic acids is 1. The molecule has 2 aliphatic rings. The molecule has 2 atom stereocenters. The largest absolute Gasteiger partial charge is 0.477 e. The highest BCUT2D eigenvalue weighted by atomic mass is 32.2. The number of thioether (sulfide) groups is 2. The number of hydrogen-bond donors (Lipinski definition) is 3. The van der Waals surface area contributed by atoms with Gasteiger partial charge in [0.25, 0.3) is 11.8 Å². The first-order valence-corrected chi connectivity index (χ1v) is 12.7. The fraction of sp³-hybridized carbons (Fsp3) is 0.375. The van der Waals surface area contributed by atoms with Crippen molar-refractivity contribution in [2.24, 2.45) is 5.16 Å². The van der Waals surface area contributed by atoms with Gasteiger partial charge in [0.15, 0.2) is 9.47 Å². The number of carboxylic acid groups (broad SMARTS) is 1. The van der Waals surface area contributed by atoms with Crippen molar-refractivity contribution < 1.29 is 24.3 Å². The van der Waals surface area contributed by atoms with E-state index in [1.165, 1.54) is 47.1 Å². The molecule has 1 unspecified atom stereocenters. The van der Waals surface area contributed by atoms with E-state index in [0.717, 1.165) is 15.9 Å². The van der Waals surface area contributed by atoms with E-state index in [-0.39, 0.29) is 22.4 Å². The molecule has 1 saturated heterocycles. The van der Waals surface area contributed by atoms with Crippen LogP contribution in [-0.4, -0.2) is 82.2 Å². The third-order valence-corrected chi connectivity index (χ3v) is 8.36. The molecule has 4 heterocycles. The number of anilines is 1. The van der Waals surface area contributed by atoms with Crippen molar-refractivity contribution in [3.63, 3.8) is 0 Å². The number of carbonyl (C=O) groups is 3. The second-order valence-corrected chi connectivity index (χ2v) is 10.5. The van der Waals surface area contributed by atoms with Gasteiger partial charge in [0.1, 0.15) is 30.0 Å². The number of aliphatic carboxylic acids is 1. The number of hydrogen-bond acceptors (Lipinski definition) is 14. The van der Waals surface area contributed by atoms with Gasteiger partial charge in [-0.3, -0.25) is 14.5 Å². The summed E-state index contributed by atoms with van der Waals surface area (Å²) in [6.07, 6.45) is 0. The summed E-state index contributed by atoms with van der Waals surface area (Å²) in [5.74, 6) is -1.11. The molecule has 1 fully saturated rings. The molecule has 0 radical (unpaired) electrons. The van der Waals surface area contributed by atoms with Gasteiger partial charge in [0.05, 0.1) is 0 Å². The molecule has 0 spiro atoms. The first-order chi connectivity index (χ1) is 15.8. The second-order valence-electron chi connectivity index (χ2n) is 6.59.